The highest BCUT2D eigenvalue weighted by atomic mass is 32.2. The lowest BCUT2D eigenvalue weighted by molar-refractivity contribution is 0.154. The van der Waals surface area contributed by atoms with Gasteiger partial charge in [-0.05, 0) is 45.6 Å². The van der Waals surface area contributed by atoms with Gasteiger partial charge in [0, 0.05) is 12.1 Å². The van der Waals surface area contributed by atoms with Gasteiger partial charge in [-0.1, -0.05) is 0 Å². The maximum absolute atomic E-state index is 11.5. The molecule has 1 unspecified atom stereocenters. The quantitative estimate of drug-likeness (QED) is 0.630. The summed E-state index contributed by atoms with van der Waals surface area (Å²) >= 11 is 0. The van der Waals surface area contributed by atoms with Crippen molar-refractivity contribution in [1.29, 1.82) is 0 Å². The van der Waals surface area contributed by atoms with Crippen molar-refractivity contribution in [1.82, 2.24) is 4.90 Å². The Hall–Kier alpha value is -0.0900. The van der Waals surface area contributed by atoms with Gasteiger partial charge in [-0.3, -0.25) is 4.90 Å². The van der Waals surface area contributed by atoms with Crippen LogP contribution in [-0.2, 0) is 9.84 Å². The Balaban J connectivity index is 2.11. The molecule has 4 heteroatoms. The van der Waals surface area contributed by atoms with Gasteiger partial charge in [0.25, 0.3) is 0 Å². The molecule has 2 fully saturated rings. The number of rotatable bonds is 0. The smallest absolute Gasteiger partial charge is 0.150 e. The predicted octanol–water partition coefficient (Wildman–Crippen LogP) is 1.30. The molecule has 0 aromatic rings. The monoisotopic (exact) mass is 231 g/mol. The van der Waals surface area contributed by atoms with Crippen LogP contribution in [0.2, 0.25) is 0 Å². The molecule has 0 aromatic heterocycles. The van der Waals surface area contributed by atoms with Gasteiger partial charge in [0.2, 0.25) is 0 Å². The molecule has 3 nitrogen and oxygen atoms in total. The maximum atomic E-state index is 11.5. The first-order valence-corrected chi connectivity index (χ1v) is 7.50. The Labute approximate surface area is 92.8 Å². The first kappa shape index (κ1) is 11.4. The van der Waals surface area contributed by atoms with Crippen LogP contribution in [0, 0.1) is 5.41 Å². The Bertz CT molecular complexity index is 355. The van der Waals surface area contributed by atoms with Crippen LogP contribution < -0.4 is 0 Å². The van der Waals surface area contributed by atoms with E-state index in [4.69, 9.17) is 0 Å². The third kappa shape index (κ3) is 2.21. The molecule has 15 heavy (non-hydrogen) atoms. The van der Waals surface area contributed by atoms with Crippen molar-refractivity contribution < 1.29 is 8.42 Å². The summed E-state index contributed by atoms with van der Waals surface area (Å²) in [5.74, 6) is 0.831. The molecule has 0 aromatic carbocycles. The highest BCUT2D eigenvalue weighted by Gasteiger charge is 2.48. The molecule has 2 aliphatic rings. The van der Waals surface area contributed by atoms with Crippen LogP contribution in [-0.4, -0.2) is 43.5 Å². The molecule has 2 rings (SSSR count). The SMILES string of the molecule is CC(C)(C)N1CCC2(CCS(=O)(=O)C2)C1. The van der Waals surface area contributed by atoms with Crippen molar-refractivity contribution in [3.63, 3.8) is 0 Å². The molecule has 88 valence electrons. The summed E-state index contributed by atoms with van der Waals surface area (Å²) in [5, 5.41) is 0. The molecule has 0 amide bonds. The first-order chi connectivity index (χ1) is 6.73. The Morgan fingerprint density at radius 1 is 1.20 bits per heavy atom. The predicted molar refractivity (Wildman–Crippen MR) is 61.6 cm³/mol. The molecule has 0 bridgehead atoms. The van der Waals surface area contributed by atoms with E-state index in [1.165, 1.54) is 0 Å². The van der Waals surface area contributed by atoms with Crippen LogP contribution in [0.3, 0.4) is 0 Å². The highest BCUT2D eigenvalue weighted by Crippen LogP contribution is 2.42. The van der Waals surface area contributed by atoms with Gasteiger partial charge in [0.1, 0.15) is 0 Å². The van der Waals surface area contributed by atoms with E-state index in [-0.39, 0.29) is 11.0 Å². The van der Waals surface area contributed by atoms with Crippen molar-refractivity contribution in [3.8, 4) is 0 Å². The lowest BCUT2D eigenvalue weighted by Crippen LogP contribution is -2.41. The molecular weight excluding hydrogens is 210 g/mol. The summed E-state index contributed by atoms with van der Waals surface area (Å²) in [4.78, 5) is 2.42. The summed E-state index contributed by atoms with van der Waals surface area (Å²) in [7, 11) is -2.73. The van der Waals surface area contributed by atoms with Crippen molar-refractivity contribution in [2.75, 3.05) is 24.6 Å². The number of likely N-dealkylation sites (tertiary alicyclic amines) is 1. The van der Waals surface area contributed by atoms with Crippen LogP contribution >= 0.6 is 0 Å². The van der Waals surface area contributed by atoms with Crippen LogP contribution in [0.15, 0.2) is 0 Å². The van der Waals surface area contributed by atoms with Crippen LogP contribution in [0.5, 0.6) is 0 Å². The van der Waals surface area contributed by atoms with Gasteiger partial charge in [-0.25, -0.2) is 8.42 Å². The average molecular weight is 231 g/mol. The second-order valence-corrected chi connectivity index (χ2v) is 8.37. The fourth-order valence-corrected chi connectivity index (χ4v) is 5.01. The second-order valence-electron chi connectivity index (χ2n) is 6.18. The van der Waals surface area contributed by atoms with Gasteiger partial charge >= 0.3 is 0 Å². The molecule has 2 heterocycles. The summed E-state index contributed by atoms with van der Waals surface area (Å²) in [5.41, 5.74) is 0.266. The van der Waals surface area contributed by atoms with E-state index in [2.05, 4.69) is 25.7 Å². The normalized spacial score (nSPS) is 36.5. The van der Waals surface area contributed by atoms with E-state index in [1.54, 1.807) is 0 Å². The second kappa shape index (κ2) is 3.20. The van der Waals surface area contributed by atoms with Gasteiger partial charge in [0.15, 0.2) is 9.84 Å². The molecule has 0 radical (unpaired) electrons. The zero-order chi connectivity index (χ0) is 11.3. The summed E-state index contributed by atoms with van der Waals surface area (Å²) in [6.45, 7) is 8.63. The molecule has 1 spiro atoms. The van der Waals surface area contributed by atoms with E-state index in [0.717, 1.165) is 25.9 Å². The molecule has 0 aliphatic carbocycles. The number of nitrogens with zero attached hydrogens (tertiary/aromatic N) is 1. The van der Waals surface area contributed by atoms with Gasteiger partial charge in [0.05, 0.1) is 11.5 Å². The maximum Gasteiger partial charge on any atom is 0.150 e. The Kier molecular flexibility index (Phi) is 2.43. The van der Waals surface area contributed by atoms with Crippen LogP contribution in [0.4, 0.5) is 0 Å². The van der Waals surface area contributed by atoms with Gasteiger partial charge in [-0.2, -0.15) is 0 Å². The van der Waals surface area contributed by atoms with Crippen LogP contribution in [0.25, 0.3) is 0 Å². The number of sulfone groups is 1. The Morgan fingerprint density at radius 3 is 2.27 bits per heavy atom. The topological polar surface area (TPSA) is 37.4 Å². The minimum atomic E-state index is -2.73. The molecule has 0 saturated carbocycles. The van der Waals surface area contributed by atoms with E-state index in [9.17, 15) is 8.42 Å². The lowest BCUT2D eigenvalue weighted by Gasteiger charge is -2.33. The summed E-state index contributed by atoms with van der Waals surface area (Å²) in [6.07, 6.45) is 1.94. The van der Waals surface area contributed by atoms with Crippen molar-refractivity contribution in [2.24, 2.45) is 5.41 Å². The van der Waals surface area contributed by atoms with E-state index in [1.807, 2.05) is 0 Å². The third-order valence-electron chi connectivity index (χ3n) is 3.86. The number of hydrogen-bond donors (Lipinski definition) is 0. The van der Waals surface area contributed by atoms with Crippen molar-refractivity contribution in [2.45, 2.75) is 39.2 Å². The van der Waals surface area contributed by atoms with Crippen molar-refractivity contribution >= 4 is 9.84 Å². The zero-order valence-electron chi connectivity index (χ0n) is 9.91. The molecule has 2 aliphatic heterocycles. The summed E-state index contributed by atoms with van der Waals surface area (Å²) < 4.78 is 23.1. The van der Waals surface area contributed by atoms with E-state index < -0.39 is 9.84 Å². The van der Waals surface area contributed by atoms with Crippen molar-refractivity contribution in [3.05, 3.63) is 0 Å². The summed E-state index contributed by atoms with van der Waals surface area (Å²) in [6, 6.07) is 0. The fraction of sp³-hybridized carbons (Fsp3) is 1.00. The molecule has 1 atom stereocenters. The molecule has 2 saturated heterocycles. The van der Waals surface area contributed by atoms with E-state index >= 15 is 0 Å². The number of hydrogen-bond acceptors (Lipinski definition) is 3. The third-order valence-corrected chi connectivity index (χ3v) is 5.73. The highest BCUT2D eigenvalue weighted by molar-refractivity contribution is 7.91. The standard InChI is InChI=1S/C11H21NO2S/c1-10(2,3)12-6-4-11(8-12)5-7-15(13,14)9-11/h4-9H2,1-3H3. The largest absolute Gasteiger partial charge is 0.298 e. The van der Waals surface area contributed by atoms with Gasteiger partial charge in [-0.15, -0.1) is 0 Å². The minimum Gasteiger partial charge on any atom is -0.298 e. The minimum absolute atomic E-state index is 0.0894. The molecule has 0 N–H and O–H groups in total. The van der Waals surface area contributed by atoms with E-state index in [0.29, 0.717) is 11.5 Å². The first-order valence-electron chi connectivity index (χ1n) is 5.68. The molecular formula is C11H21NO2S. The average Bonchev–Trinajstić information content (AvgIpc) is 2.56. The fourth-order valence-electron chi connectivity index (χ4n) is 2.81. The Morgan fingerprint density at radius 2 is 1.87 bits per heavy atom. The lowest BCUT2D eigenvalue weighted by atomic mass is 9.87. The van der Waals surface area contributed by atoms with Gasteiger partial charge < -0.3 is 0 Å². The van der Waals surface area contributed by atoms with Crippen LogP contribution in [0.1, 0.15) is 33.6 Å². The zero-order valence-corrected chi connectivity index (χ0v) is 10.7.